The van der Waals surface area contributed by atoms with Crippen LogP contribution < -0.4 is 9.64 Å². The quantitative estimate of drug-likeness (QED) is 0.636. The molecule has 1 aliphatic heterocycles. The van der Waals surface area contributed by atoms with E-state index in [2.05, 4.69) is 24.8 Å². The molecule has 1 aliphatic rings. The fourth-order valence-corrected chi connectivity index (χ4v) is 3.49. The van der Waals surface area contributed by atoms with Crippen LogP contribution in [0.2, 0.25) is 0 Å². The van der Waals surface area contributed by atoms with Crippen molar-refractivity contribution in [3.63, 3.8) is 0 Å². The van der Waals surface area contributed by atoms with Gasteiger partial charge in [0.15, 0.2) is 17.2 Å². The van der Waals surface area contributed by atoms with E-state index in [-0.39, 0.29) is 11.8 Å². The zero-order chi connectivity index (χ0) is 19.3. The molecule has 1 N–H and O–H groups in total. The summed E-state index contributed by atoms with van der Waals surface area (Å²) < 4.78 is 6.16. The van der Waals surface area contributed by atoms with Crippen molar-refractivity contribution in [3.05, 3.63) is 48.6 Å². The Morgan fingerprint density at radius 1 is 1.32 bits per heavy atom. The van der Waals surface area contributed by atoms with Crippen LogP contribution in [0.5, 0.6) is 5.75 Å². The summed E-state index contributed by atoms with van der Waals surface area (Å²) in [7, 11) is 0. The monoisotopic (exact) mass is 377 g/mol. The number of nitrogens with one attached hydrogen (secondary N) is 1. The molecule has 1 fully saturated rings. The molecular weight excluding hydrogens is 354 g/mol. The molecule has 0 unspecified atom stereocenters. The van der Waals surface area contributed by atoms with Gasteiger partial charge in [0.05, 0.1) is 12.4 Å². The van der Waals surface area contributed by atoms with Gasteiger partial charge < -0.3 is 14.6 Å². The fraction of sp³-hybridized carbons (Fsp3) is 0.333. The van der Waals surface area contributed by atoms with Crippen LogP contribution in [0.1, 0.15) is 31.7 Å². The number of aromatic nitrogens is 4. The third kappa shape index (κ3) is 3.74. The highest BCUT2D eigenvalue weighted by atomic mass is 16.5. The summed E-state index contributed by atoms with van der Waals surface area (Å²) in [6, 6.07) is 8.00. The molecular formula is C21H23N5O2. The number of para-hydroxylation sites is 1. The van der Waals surface area contributed by atoms with Crippen molar-refractivity contribution in [1.29, 1.82) is 0 Å². The number of hydrogen-bond acceptors (Lipinski definition) is 6. The third-order valence-corrected chi connectivity index (χ3v) is 5.00. The highest BCUT2D eigenvalue weighted by Crippen LogP contribution is 2.29. The Balaban J connectivity index is 1.50. The third-order valence-electron chi connectivity index (χ3n) is 5.00. The average molecular weight is 377 g/mol. The second-order valence-electron chi connectivity index (χ2n) is 6.79. The van der Waals surface area contributed by atoms with Gasteiger partial charge in [-0.3, -0.25) is 4.79 Å². The molecule has 0 amide bonds. The molecule has 0 saturated carbocycles. The molecule has 1 saturated heterocycles. The second kappa shape index (κ2) is 8.21. The van der Waals surface area contributed by atoms with Crippen molar-refractivity contribution < 1.29 is 9.53 Å². The van der Waals surface area contributed by atoms with Crippen molar-refractivity contribution in [3.8, 4) is 5.75 Å². The van der Waals surface area contributed by atoms with Gasteiger partial charge in [0.1, 0.15) is 24.2 Å². The van der Waals surface area contributed by atoms with Crippen molar-refractivity contribution in [1.82, 2.24) is 19.9 Å². The van der Waals surface area contributed by atoms with Gasteiger partial charge in [0, 0.05) is 18.5 Å². The standard InChI is InChI=1S/C21H23N5O2/c1-2-17(27)10-9-15-6-3-4-8-18(15)28-12-16-7-5-11-26(16)21-19-20(23-13-22-19)24-14-25-21/h3-4,6,8-10,13-14,16H,2,5,7,11-12H2,1H3,(H,22,23,24,25)/b10-9+/t16-/m1/s1. The lowest BCUT2D eigenvalue weighted by molar-refractivity contribution is -0.114. The van der Waals surface area contributed by atoms with Crippen molar-refractivity contribution in [2.24, 2.45) is 0 Å². The van der Waals surface area contributed by atoms with Crippen LogP contribution in [0.15, 0.2) is 43.0 Å². The van der Waals surface area contributed by atoms with Crippen LogP contribution >= 0.6 is 0 Å². The van der Waals surface area contributed by atoms with Gasteiger partial charge in [-0.1, -0.05) is 25.1 Å². The molecule has 1 atom stereocenters. The normalized spacial score (nSPS) is 16.9. The Bertz CT molecular complexity index is 997. The van der Waals surface area contributed by atoms with E-state index in [9.17, 15) is 4.79 Å². The van der Waals surface area contributed by atoms with Crippen LogP contribution in [0.25, 0.3) is 17.2 Å². The summed E-state index contributed by atoms with van der Waals surface area (Å²) in [6.07, 6.45) is 9.25. The summed E-state index contributed by atoms with van der Waals surface area (Å²) >= 11 is 0. The second-order valence-corrected chi connectivity index (χ2v) is 6.79. The predicted molar refractivity (Wildman–Crippen MR) is 108 cm³/mol. The van der Waals surface area contributed by atoms with E-state index in [1.807, 2.05) is 37.3 Å². The molecule has 4 rings (SSSR count). The first-order valence-corrected chi connectivity index (χ1v) is 9.59. The minimum Gasteiger partial charge on any atom is -0.491 e. The number of anilines is 1. The van der Waals surface area contributed by atoms with Crippen molar-refractivity contribution >= 4 is 28.8 Å². The summed E-state index contributed by atoms with van der Waals surface area (Å²) in [4.78, 5) is 29.9. The van der Waals surface area contributed by atoms with Gasteiger partial charge in [-0.05, 0) is 31.1 Å². The van der Waals surface area contributed by atoms with E-state index >= 15 is 0 Å². The topological polar surface area (TPSA) is 84.0 Å². The summed E-state index contributed by atoms with van der Waals surface area (Å²) in [6.45, 7) is 3.32. The number of nitrogens with zero attached hydrogens (tertiary/aromatic N) is 4. The molecule has 28 heavy (non-hydrogen) atoms. The van der Waals surface area contributed by atoms with Crippen molar-refractivity contribution in [2.45, 2.75) is 32.2 Å². The van der Waals surface area contributed by atoms with E-state index in [4.69, 9.17) is 4.74 Å². The predicted octanol–water partition coefficient (Wildman–Crippen LogP) is 3.39. The number of ether oxygens (including phenoxy) is 1. The molecule has 0 spiro atoms. The number of allylic oxidation sites excluding steroid dienone is 1. The van der Waals surface area contributed by atoms with E-state index in [0.29, 0.717) is 18.7 Å². The Kier molecular flexibility index (Phi) is 5.32. The van der Waals surface area contributed by atoms with Crippen LogP contribution in [-0.4, -0.2) is 44.9 Å². The highest BCUT2D eigenvalue weighted by molar-refractivity contribution is 5.93. The van der Waals surface area contributed by atoms with Gasteiger partial charge in [-0.15, -0.1) is 0 Å². The van der Waals surface area contributed by atoms with Crippen LogP contribution in [0.4, 0.5) is 5.82 Å². The Hall–Kier alpha value is -3.22. The molecule has 1 aromatic carbocycles. The summed E-state index contributed by atoms with van der Waals surface area (Å²) in [5, 5.41) is 0. The molecule has 3 aromatic rings. The molecule has 7 nitrogen and oxygen atoms in total. The molecule has 0 aliphatic carbocycles. The number of ketones is 1. The first-order valence-electron chi connectivity index (χ1n) is 9.59. The number of rotatable bonds is 7. The molecule has 7 heteroatoms. The minimum absolute atomic E-state index is 0.101. The maximum atomic E-state index is 11.6. The molecule has 0 bridgehead atoms. The number of fused-ring (bicyclic) bond motifs is 1. The summed E-state index contributed by atoms with van der Waals surface area (Å²) in [5.74, 6) is 1.75. The molecule has 0 radical (unpaired) electrons. The number of carbonyl (C=O) groups is 1. The largest absolute Gasteiger partial charge is 0.491 e. The fourth-order valence-electron chi connectivity index (χ4n) is 3.49. The number of benzene rings is 1. The van der Waals surface area contributed by atoms with Crippen LogP contribution in [0.3, 0.4) is 0 Å². The van der Waals surface area contributed by atoms with E-state index in [1.54, 1.807) is 18.7 Å². The average Bonchev–Trinajstić information content (AvgIpc) is 3.40. The van der Waals surface area contributed by atoms with Gasteiger partial charge in [0.2, 0.25) is 0 Å². The van der Waals surface area contributed by atoms with E-state index in [1.165, 1.54) is 0 Å². The smallest absolute Gasteiger partial charge is 0.182 e. The zero-order valence-corrected chi connectivity index (χ0v) is 15.8. The molecule has 144 valence electrons. The first-order chi connectivity index (χ1) is 13.8. The Morgan fingerprint density at radius 3 is 3.11 bits per heavy atom. The van der Waals surface area contributed by atoms with Gasteiger partial charge in [-0.2, -0.15) is 0 Å². The number of imidazole rings is 1. The molecule has 3 heterocycles. The maximum Gasteiger partial charge on any atom is 0.182 e. The van der Waals surface area contributed by atoms with E-state index in [0.717, 1.165) is 42.0 Å². The highest BCUT2D eigenvalue weighted by Gasteiger charge is 2.28. The first kappa shape index (κ1) is 18.2. The minimum atomic E-state index is 0.101. The number of hydrogen-bond donors (Lipinski definition) is 1. The van der Waals surface area contributed by atoms with Crippen molar-refractivity contribution in [2.75, 3.05) is 18.1 Å². The number of H-pyrrole nitrogens is 1. The van der Waals surface area contributed by atoms with Crippen LogP contribution in [0, 0.1) is 0 Å². The lowest BCUT2D eigenvalue weighted by Crippen LogP contribution is -2.35. The van der Waals surface area contributed by atoms with Gasteiger partial charge >= 0.3 is 0 Å². The Morgan fingerprint density at radius 2 is 2.21 bits per heavy atom. The maximum absolute atomic E-state index is 11.6. The number of aromatic amines is 1. The Labute approximate surface area is 163 Å². The lowest BCUT2D eigenvalue weighted by atomic mass is 10.1. The van der Waals surface area contributed by atoms with Gasteiger partial charge in [-0.25, -0.2) is 15.0 Å². The summed E-state index contributed by atoms with van der Waals surface area (Å²) in [5.41, 5.74) is 2.44. The van der Waals surface area contributed by atoms with E-state index < -0.39 is 0 Å². The SMILES string of the molecule is CCC(=O)/C=C/c1ccccc1OC[C@H]1CCCN1c1ncnc2nc[nH]c12. The van der Waals surface area contributed by atoms with Crippen LogP contribution in [-0.2, 0) is 4.79 Å². The number of carbonyl (C=O) groups excluding carboxylic acids is 1. The molecule has 2 aromatic heterocycles. The van der Waals surface area contributed by atoms with Gasteiger partial charge in [0.25, 0.3) is 0 Å². The lowest BCUT2D eigenvalue weighted by Gasteiger charge is -2.26. The zero-order valence-electron chi connectivity index (χ0n) is 15.8.